The first kappa shape index (κ1) is 12.2. The van der Waals surface area contributed by atoms with Crippen LogP contribution in [0.3, 0.4) is 0 Å². The highest BCUT2D eigenvalue weighted by Crippen LogP contribution is 2.41. The Balaban J connectivity index is 2.41. The summed E-state index contributed by atoms with van der Waals surface area (Å²) in [6, 6.07) is 5.49. The molecule has 2 aromatic rings. The minimum atomic E-state index is -0.604. The first-order valence-electron chi connectivity index (χ1n) is 5.90. The van der Waals surface area contributed by atoms with Gasteiger partial charge in [0.05, 0.1) is 11.1 Å². The van der Waals surface area contributed by atoms with Gasteiger partial charge in [0.2, 0.25) is 0 Å². The molecule has 1 aliphatic carbocycles. The minimum Gasteiger partial charge on any atom is -0.507 e. The molecule has 100 valence electrons. The molecule has 2 aromatic carbocycles. The fourth-order valence-corrected chi connectivity index (χ4v) is 2.44. The standard InChI is InChI=1S/C15H10O5/c1-6-5-8-11(15(20)12(6)17)13(18)7-3-2-4-9(16)10(7)14(8)19/h2-5,16-17,20H,1H3. The molecule has 20 heavy (non-hydrogen) atoms. The van der Waals surface area contributed by atoms with Crippen molar-refractivity contribution in [1.29, 1.82) is 0 Å². The Kier molecular flexibility index (Phi) is 2.34. The lowest BCUT2D eigenvalue weighted by atomic mass is 9.82. The number of carbonyl (C=O) groups excluding carboxylic acids is 2. The lowest BCUT2D eigenvalue weighted by Gasteiger charge is -2.20. The van der Waals surface area contributed by atoms with Gasteiger partial charge in [-0.2, -0.15) is 0 Å². The fraction of sp³-hybridized carbons (Fsp3) is 0.0667. The summed E-state index contributed by atoms with van der Waals surface area (Å²) in [5.74, 6) is -2.46. The third-order valence-corrected chi connectivity index (χ3v) is 3.45. The van der Waals surface area contributed by atoms with Gasteiger partial charge in [0, 0.05) is 11.1 Å². The zero-order valence-electron chi connectivity index (χ0n) is 10.5. The number of benzene rings is 2. The van der Waals surface area contributed by atoms with Gasteiger partial charge < -0.3 is 15.3 Å². The molecule has 0 bridgehead atoms. The highest BCUT2D eigenvalue weighted by molar-refractivity contribution is 6.30. The van der Waals surface area contributed by atoms with Crippen LogP contribution in [0.4, 0.5) is 0 Å². The highest BCUT2D eigenvalue weighted by Gasteiger charge is 2.35. The molecule has 0 spiro atoms. The molecule has 0 amide bonds. The monoisotopic (exact) mass is 270 g/mol. The Bertz CT molecular complexity index is 787. The number of carbonyl (C=O) groups is 2. The van der Waals surface area contributed by atoms with Crippen molar-refractivity contribution in [2.24, 2.45) is 0 Å². The summed E-state index contributed by atoms with van der Waals surface area (Å²) in [6.45, 7) is 1.51. The first-order chi connectivity index (χ1) is 9.43. The SMILES string of the molecule is Cc1cc2c(c(O)c1O)C(=O)c1cccc(O)c1C2=O. The average Bonchev–Trinajstić information content (AvgIpc) is 2.41. The predicted octanol–water partition coefficient (Wildman–Crippen LogP) is 1.89. The number of hydrogen-bond donors (Lipinski definition) is 3. The Hall–Kier alpha value is -2.82. The molecular formula is C15H10O5. The van der Waals surface area contributed by atoms with Crippen LogP contribution >= 0.6 is 0 Å². The second kappa shape index (κ2) is 3.84. The van der Waals surface area contributed by atoms with Gasteiger partial charge in [-0.1, -0.05) is 12.1 Å². The number of aryl methyl sites for hydroxylation is 1. The molecule has 5 heteroatoms. The molecular weight excluding hydrogens is 260 g/mol. The molecule has 0 aliphatic heterocycles. The number of aromatic hydroxyl groups is 3. The Morgan fingerprint density at radius 1 is 0.850 bits per heavy atom. The van der Waals surface area contributed by atoms with Gasteiger partial charge in [-0.3, -0.25) is 9.59 Å². The van der Waals surface area contributed by atoms with E-state index in [9.17, 15) is 24.9 Å². The Morgan fingerprint density at radius 3 is 2.20 bits per heavy atom. The average molecular weight is 270 g/mol. The molecule has 5 nitrogen and oxygen atoms in total. The number of hydrogen-bond acceptors (Lipinski definition) is 5. The summed E-state index contributed by atoms with van der Waals surface area (Å²) in [4.78, 5) is 24.7. The third-order valence-electron chi connectivity index (χ3n) is 3.45. The molecule has 0 atom stereocenters. The topological polar surface area (TPSA) is 94.8 Å². The van der Waals surface area contributed by atoms with Crippen molar-refractivity contribution in [3.05, 3.63) is 52.1 Å². The van der Waals surface area contributed by atoms with Crippen molar-refractivity contribution < 1.29 is 24.9 Å². The van der Waals surface area contributed by atoms with E-state index in [1.165, 1.54) is 31.2 Å². The summed E-state index contributed by atoms with van der Waals surface area (Å²) in [5, 5.41) is 29.4. The number of ketones is 2. The molecule has 0 saturated carbocycles. The summed E-state index contributed by atoms with van der Waals surface area (Å²) in [6.07, 6.45) is 0. The van der Waals surface area contributed by atoms with Gasteiger partial charge in [0.25, 0.3) is 0 Å². The Morgan fingerprint density at radius 2 is 1.50 bits per heavy atom. The molecule has 0 heterocycles. The second-order valence-corrected chi connectivity index (χ2v) is 4.67. The molecule has 3 N–H and O–H groups in total. The van der Waals surface area contributed by atoms with Crippen molar-refractivity contribution >= 4 is 11.6 Å². The van der Waals surface area contributed by atoms with Gasteiger partial charge in [0.1, 0.15) is 5.75 Å². The van der Waals surface area contributed by atoms with Crippen molar-refractivity contribution in [1.82, 2.24) is 0 Å². The van der Waals surface area contributed by atoms with Gasteiger partial charge in [0.15, 0.2) is 23.1 Å². The van der Waals surface area contributed by atoms with Crippen molar-refractivity contribution in [2.45, 2.75) is 6.92 Å². The van der Waals surface area contributed by atoms with E-state index in [4.69, 9.17) is 0 Å². The molecule has 0 fully saturated rings. The van der Waals surface area contributed by atoms with Gasteiger partial charge in [-0.25, -0.2) is 0 Å². The van der Waals surface area contributed by atoms with Crippen LogP contribution in [0.1, 0.15) is 37.4 Å². The maximum absolute atomic E-state index is 12.4. The van der Waals surface area contributed by atoms with Crippen LogP contribution in [0.5, 0.6) is 17.2 Å². The van der Waals surface area contributed by atoms with E-state index in [2.05, 4.69) is 0 Å². The summed E-state index contributed by atoms with van der Waals surface area (Å²) >= 11 is 0. The van der Waals surface area contributed by atoms with Gasteiger partial charge in [-0.05, 0) is 24.6 Å². The smallest absolute Gasteiger partial charge is 0.198 e. The van der Waals surface area contributed by atoms with E-state index in [1.807, 2.05) is 0 Å². The minimum absolute atomic E-state index is 0.0149. The fourth-order valence-electron chi connectivity index (χ4n) is 2.44. The van der Waals surface area contributed by atoms with Gasteiger partial charge in [-0.15, -0.1) is 0 Å². The van der Waals surface area contributed by atoms with Crippen LogP contribution < -0.4 is 0 Å². The Labute approximate surface area is 113 Å². The zero-order valence-corrected chi connectivity index (χ0v) is 10.5. The predicted molar refractivity (Wildman–Crippen MR) is 69.5 cm³/mol. The van der Waals surface area contributed by atoms with Crippen LogP contribution in [-0.4, -0.2) is 26.9 Å². The molecule has 3 rings (SSSR count). The van der Waals surface area contributed by atoms with E-state index < -0.39 is 23.1 Å². The number of phenolic OH excluding ortho intramolecular Hbond substituents is 3. The van der Waals surface area contributed by atoms with Crippen LogP contribution in [0.2, 0.25) is 0 Å². The maximum atomic E-state index is 12.4. The molecule has 0 aromatic heterocycles. The van der Waals surface area contributed by atoms with E-state index in [1.54, 1.807) is 0 Å². The number of fused-ring (bicyclic) bond motifs is 2. The molecule has 0 radical (unpaired) electrons. The highest BCUT2D eigenvalue weighted by atomic mass is 16.3. The molecule has 0 saturated heterocycles. The number of phenols is 3. The van der Waals surface area contributed by atoms with Crippen LogP contribution in [-0.2, 0) is 0 Å². The largest absolute Gasteiger partial charge is 0.507 e. The normalized spacial score (nSPS) is 13.1. The summed E-state index contributed by atoms with van der Waals surface area (Å²) in [7, 11) is 0. The van der Waals surface area contributed by atoms with E-state index in [0.29, 0.717) is 0 Å². The van der Waals surface area contributed by atoms with Crippen LogP contribution in [0, 0.1) is 6.92 Å². The lowest BCUT2D eigenvalue weighted by molar-refractivity contribution is 0.0973. The zero-order chi connectivity index (χ0) is 14.6. The molecule has 0 unspecified atom stereocenters. The number of rotatable bonds is 0. The summed E-state index contributed by atoms with van der Waals surface area (Å²) < 4.78 is 0. The van der Waals surface area contributed by atoms with Crippen molar-refractivity contribution in [3.8, 4) is 17.2 Å². The van der Waals surface area contributed by atoms with E-state index >= 15 is 0 Å². The van der Waals surface area contributed by atoms with E-state index in [-0.39, 0.29) is 33.6 Å². The van der Waals surface area contributed by atoms with E-state index in [0.717, 1.165) is 0 Å². The van der Waals surface area contributed by atoms with Crippen LogP contribution in [0.25, 0.3) is 0 Å². The molecule has 1 aliphatic rings. The third kappa shape index (κ3) is 1.37. The first-order valence-corrected chi connectivity index (χ1v) is 5.90. The lowest BCUT2D eigenvalue weighted by Crippen LogP contribution is -2.21. The quantitative estimate of drug-likeness (QED) is 0.542. The van der Waals surface area contributed by atoms with Crippen molar-refractivity contribution in [3.63, 3.8) is 0 Å². The van der Waals surface area contributed by atoms with Crippen LogP contribution in [0.15, 0.2) is 24.3 Å². The van der Waals surface area contributed by atoms with Gasteiger partial charge >= 0.3 is 0 Å². The maximum Gasteiger partial charge on any atom is 0.198 e. The van der Waals surface area contributed by atoms with Crippen molar-refractivity contribution in [2.75, 3.05) is 0 Å². The second-order valence-electron chi connectivity index (χ2n) is 4.67. The summed E-state index contributed by atoms with van der Waals surface area (Å²) in [5.41, 5.74) is -0.0233.